The number of halogens is 2. The average molecular weight is 466 g/mol. The summed E-state index contributed by atoms with van der Waals surface area (Å²) in [7, 11) is 0. The van der Waals surface area contributed by atoms with Crippen molar-refractivity contribution in [3.05, 3.63) is 70.9 Å². The lowest BCUT2D eigenvalue weighted by Gasteiger charge is -2.15. The van der Waals surface area contributed by atoms with Crippen molar-refractivity contribution in [2.45, 2.75) is 19.3 Å². The lowest BCUT2D eigenvalue weighted by molar-refractivity contribution is -0.120. The van der Waals surface area contributed by atoms with E-state index in [-0.39, 0.29) is 35.5 Å². The third-order valence-electron chi connectivity index (χ3n) is 5.34. The molecule has 2 N–H and O–H groups in total. The Kier molecular flexibility index (Phi) is 6.58. The van der Waals surface area contributed by atoms with E-state index >= 15 is 0 Å². The van der Waals surface area contributed by atoms with Gasteiger partial charge in [-0.1, -0.05) is 18.2 Å². The van der Waals surface area contributed by atoms with E-state index in [1.807, 2.05) is 0 Å². The third-order valence-corrected chi connectivity index (χ3v) is 5.34. The van der Waals surface area contributed by atoms with Gasteiger partial charge < -0.3 is 15.4 Å². The molecule has 1 amide bonds. The van der Waals surface area contributed by atoms with Gasteiger partial charge in [0.25, 0.3) is 0 Å². The number of hydrogen-bond acceptors (Lipinski definition) is 7. The van der Waals surface area contributed by atoms with Crippen LogP contribution in [0.3, 0.4) is 0 Å². The number of rotatable bonds is 7. The standard InChI is InChI=1S/C24H20F2N4O4/c1-2-34-24(33)20-18(12-31)29-21(19-16(25)4-3-5-17(19)26)30-22(20)28-14-8-6-13(7-9-14)15-10-11-27-23(15)32/h3-9,12,15H,2,10-11H2,1H3,(H,27,32)(H,28,29,30). The van der Waals surface area contributed by atoms with E-state index in [0.717, 1.165) is 17.7 Å². The van der Waals surface area contributed by atoms with Gasteiger partial charge in [-0.25, -0.2) is 23.5 Å². The second-order valence-corrected chi connectivity index (χ2v) is 7.47. The van der Waals surface area contributed by atoms with Gasteiger partial charge in [-0.05, 0) is 43.2 Å². The third kappa shape index (κ3) is 4.47. The summed E-state index contributed by atoms with van der Waals surface area (Å²) in [4.78, 5) is 44.4. The summed E-state index contributed by atoms with van der Waals surface area (Å²) in [6.07, 6.45) is 0.980. The maximum absolute atomic E-state index is 14.4. The van der Waals surface area contributed by atoms with E-state index in [9.17, 15) is 23.2 Å². The molecular weight excluding hydrogens is 446 g/mol. The lowest BCUT2D eigenvalue weighted by atomic mass is 9.97. The topological polar surface area (TPSA) is 110 Å². The summed E-state index contributed by atoms with van der Waals surface area (Å²) in [5.41, 5.74) is 0.0934. The molecule has 174 valence electrons. The van der Waals surface area contributed by atoms with E-state index in [4.69, 9.17) is 4.74 Å². The number of esters is 1. The molecule has 1 aromatic heterocycles. The molecule has 1 saturated heterocycles. The monoisotopic (exact) mass is 466 g/mol. The number of ether oxygens (including phenoxy) is 1. The van der Waals surface area contributed by atoms with Crippen LogP contribution in [0.5, 0.6) is 0 Å². The van der Waals surface area contributed by atoms with E-state index < -0.39 is 29.0 Å². The SMILES string of the molecule is CCOC(=O)c1c(C=O)nc(-c2c(F)cccc2F)nc1Nc1ccc(C2CCNC2=O)cc1. The first-order valence-electron chi connectivity index (χ1n) is 10.6. The minimum atomic E-state index is -0.925. The van der Waals surface area contributed by atoms with Crippen LogP contribution in [-0.2, 0) is 9.53 Å². The van der Waals surface area contributed by atoms with Crippen LogP contribution in [0.4, 0.5) is 20.3 Å². The molecule has 34 heavy (non-hydrogen) atoms. The molecule has 10 heteroatoms. The molecule has 2 heterocycles. The maximum atomic E-state index is 14.4. The van der Waals surface area contributed by atoms with Gasteiger partial charge in [0, 0.05) is 12.2 Å². The number of nitrogens with one attached hydrogen (secondary N) is 2. The number of aldehydes is 1. The fourth-order valence-corrected chi connectivity index (χ4v) is 3.73. The minimum Gasteiger partial charge on any atom is -0.462 e. The van der Waals surface area contributed by atoms with Crippen LogP contribution in [-0.4, -0.2) is 41.3 Å². The number of anilines is 2. The molecule has 2 aromatic carbocycles. The number of aromatic nitrogens is 2. The first kappa shape index (κ1) is 23.0. The Bertz CT molecular complexity index is 1240. The van der Waals surface area contributed by atoms with Gasteiger partial charge in [0.15, 0.2) is 12.1 Å². The average Bonchev–Trinajstić information content (AvgIpc) is 3.25. The largest absolute Gasteiger partial charge is 0.462 e. The van der Waals surface area contributed by atoms with Gasteiger partial charge in [0.05, 0.1) is 18.1 Å². The lowest BCUT2D eigenvalue weighted by Crippen LogP contribution is -2.17. The number of nitrogens with zero attached hydrogens (tertiary/aromatic N) is 2. The molecule has 0 saturated carbocycles. The highest BCUT2D eigenvalue weighted by Gasteiger charge is 2.27. The molecule has 1 fully saturated rings. The summed E-state index contributed by atoms with van der Waals surface area (Å²) in [6.45, 7) is 2.23. The molecule has 1 unspecified atom stereocenters. The number of carbonyl (C=O) groups is 3. The molecule has 0 spiro atoms. The quantitative estimate of drug-likeness (QED) is 0.403. The Balaban J connectivity index is 1.78. The number of hydrogen-bond donors (Lipinski definition) is 2. The highest BCUT2D eigenvalue weighted by Crippen LogP contribution is 2.30. The molecule has 0 radical (unpaired) electrons. The molecule has 4 rings (SSSR count). The van der Waals surface area contributed by atoms with Crippen molar-refractivity contribution in [1.29, 1.82) is 0 Å². The highest BCUT2D eigenvalue weighted by molar-refractivity contribution is 6.02. The molecule has 1 atom stereocenters. The highest BCUT2D eigenvalue weighted by atomic mass is 19.1. The van der Waals surface area contributed by atoms with Crippen LogP contribution in [0, 0.1) is 11.6 Å². The van der Waals surface area contributed by atoms with Crippen molar-refractivity contribution in [2.75, 3.05) is 18.5 Å². The van der Waals surface area contributed by atoms with Crippen LogP contribution in [0.1, 0.15) is 45.7 Å². The van der Waals surface area contributed by atoms with Crippen LogP contribution in [0.25, 0.3) is 11.4 Å². The van der Waals surface area contributed by atoms with Crippen molar-refractivity contribution in [2.24, 2.45) is 0 Å². The smallest absolute Gasteiger partial charge is 0.344 e. The summed E-state index contributed by atoms with van der Waals surface area (Å²) in [5, 5.41) is 5.69. The van der Waals surface area contributed by atoms with Gasteiger partial charge >= 0.3 is 5.97 Å². The molecule has 0 aliphatic carbocycles. The second kappa shape index (κ2) is 9.74. The molecule has 3 aromatic rings. The number of amides is 1. The maximum Gasteiger partial charge on any atom is 0.344 e. The van der Waals surface area contributed by atoms with Crippen LogP contribution in [0.2, 0.25) is 0 Å². The zero-order valence-electron chi connectivity index (χ0n) is 18.1. The molecule has 1 aliphatic heterocycles. The van der Waals surface area contributed by atoms with Gasteiger partial charge in [0.1, 0.15) is 28.7 Å². The molecule has 8 nitrogen and oxygen atoms in total. The van der Waals surface area contributed by atoms with Crippen LogP contribution >= 0.6 is 0 Å². The summed E-state index contributed by atoms with van der Waals surface area (Å²) in [6, 6.07) is 10.1. The minimum absolute atomic E-state index is 0.0262. The van der Waals surface area contributed by atoms with Crippen molar-refractivity contribution in [1.82, 2.24) is 15.3 Å². The fourth-order valence-electron chi connectivity index (χ4n) is 3.73. The Morgan fingerprint density at radius 3 is 2.47 bits per heavy atom. The first-order valence-corrected chi connectivity index (χ1v) is 10.6. The van der Waals surface area contributed by atoms with Gasteiger partial charge in [0.2, 0.25) is 5.91 Å². The predicted molar refractivity (Wildman–Crippen MR) is 119 cm³/mol. The zero-order valence-corrected chi connectivity index (χ0v) is 18.1. The van der Waals surface area contributed by atoms with Crippen molar-refractivity contribution in [3.8, 4) is 11.4 Å². The zero-order chi connectivity index (χ0) is 24.2. The summed E-state index contributed by atoms with van der Waals surface area (Å²) >= 11 is 0. The normalized spacial score (nSPS) is 15.0. The molecule has 0 bridgehead atoms. The molecular formula is C24H20F2N4O4. The van der Waals surface area contributed by atoms with Crippen molar-refractivity contribution >= 4 is 29.7 Å². The van der Waals surface area contributed by atoms with Gasteiger partial charge in [-0.2, -0.15) is 0 Å². The molecule has 1 aliphatic rings. The predicted octanol–water partition coefficient (Wildman–Crippen LogP) is 3.76. The summed E-state index contributed by atoms with van der Waals surface area (Å²) in [5.74, 6) is -3.58. The van der Waals surface area contributed by atoms with Gasteiger partial charge in [-0.15, -0.1) is 0 Å². The Morgan fingerprint density at radius 1 is 1.18 bits per heavy atom. The van der Waals surface area contributed by atoms with E-state index in [2.05, 4.69) is 20.6 Å². The van der Waals surface area contributed by atoms with Gasteiger partial charge in [-0.3, -0.25) is 9.59 Å². The Hall–Kier alpha value is -4.21. The second-order valence-electron chi connectivity index (χ2n) is 7.47. The van der Waals surface area contributed by atoms with E-state index in [1.54, 1.807) is 31.2 Å². The summed E-state index contributed by atoms with van der Waals surface area (Å²) < 4.78 is 33.8. The van der Waals surface area contributed by atoms with E-state index in [0.29, 0.717) is 24.9 Å². The van der Waals surface area contributed by atoms with E-state index in [1.165, 1.54) is 6.07 Å². The van der Waals surface area contributed by atoms with Crippen LogP contribution in [0.15, 0.2) is 42.5 Å². The van der Waals surface area contributed by atoms with Crippen LogP contribution < -0.4 is 10.6 Å². The fraction of sp³-hybridized carbons (Fsp3) is 0.208. The Morgan fingerprint density at radius 2 is 1.88 bits per heavy atom. The van der Waals surface area contributed by atoms with Crippen molar-refractivity contribution < 1.29 is 27.9 Å². The first-order chi connectivity index (χ1) is 16.4. The number of benzene rings is 2. The Labute approximate surface area is 193 Å². The van der Waals surface area contributed by atoms with Crippen molar-refractivity contribution in [3.63, 3.8) is 0 Å². The number of carbonyl (C=O) groups excluding carboxylic acids is 3.